The molecule has 0 amide bonds. The molecule has 3 heteroatoms. The predicted octanol–water partition coefficient (Wildman–Crippen LogP) is 6.35. The molecule has 0 saturated heterocycles. The first-order chi connectivity index (χ1) is 11.4. The second-order valence-corrected chi connectivity index (χ2v) is 7.80. The van der Waals surface area contributed by atoms with Crippen molar-refractivity contribution < 1.29 is 0 Å². The summed E-state index contributed by atoms with van der Waals surface area (Å²) in [6.07, 6.45) is 0. The summed E-state index contributed by atoms with van der Waals surface area (Å²) in [5.41, 5.74) is 3.59. The maximum atomic E-state index is 9.83. The third-order valence-corrected chi connectivity index (χ3v) is 4.35. The van der Waals surface area contributed by atoms with Gasteiger partial charge in [-0.05, 0) is 49.9 Å². The summed E-state index contributed by atoms with van der Waals surface area (Å²) >= 11 is 3.49. The van der Waals surface area contributed by atoms with Crippen LogP contribution in [0, 0.1) is 11.3 Å². The zero-order chi connectivity index (χ0) is 17.3. The van der Waals surface area contributed by atoms with Gasteiger partial charge in [0.15, 0.2) is 0 Å². The molecule has 0 saturated carbocycles. The van der Waals surface area contributed by atoms with Gasteiger partial charge in [-0.25, -0.2) is 0 Å². The zero-order valence-electron chi connectivity index (χ0n) is 14.0. The topological polar surface area (TPSA) is 35.8 Å². The summed E-state index contributed by atoms with van der Waals surface area (Å²) in [5, 5.41) is 15.4. The Kier molecular flexibility index (Phi) is 4.34. The minimum atomic E-state index is -0.141. The van der Waals surface area contributed by atoms with E-state index >= 15 is 0 Å². The number of nitrogens with one attached hydrogen (secondary N) is 1. The van der Waals surface area contributed by atoms with Gasteiger partial charge in [0.2, 0.25) is 0 Å². The highest BCUT2D eigenvalue weighted by molar-refractivity contribution is 9.10. The Morgan fingerprint density at radius 3 is 2.29 bits per heavy atom. The quantitative estimate of drug-likeness (QED) is 0.563. The van der Waals surface area contributed by atoms with Crippen molar-refractivity contribution in [3.8, 4) is 17.2 Å². The van der Waals surface area contributed by atoms with Crippen molar-refractivity contribution in [2.75, 3.05) is 5.32 Å². The molecule has 0 bridgehead atoms. The molecule has 24 heavy (non-hydrogen) atoms. The Balaban J connectivity index is 2.35. The standard InChI is InChI=1S/C21H19BrN2/c1-21(2,3)24-20-18(14-8-10-16(22)11-9-14)12-15-6-4-5-7-17(15)19(20)13-23/h4-12,24H,1-3H3. The van der Waals surface area contributed by atoms with Gasteiger partial charge in [0, 0.05) is 21.0 Å². The fourth-order valence-corrected chi connectivity index (χ4v) is 3.09. The van der Waals surface area contributed by atoms with Gasteiger partial charge >= 0.3 is 0 Å². The first-order valence-corrected chi connectivity index (χ1v) is 8.68. The lowest BCUT2D eigenvalue weighted by Gasteiger charge is -2.26. The number of anilines is 1. The number of rotatable bonds is 2. The maximum absolute atomic E-state index is 9.83. The van der Waals surface area contributed by atoms with E-state index in [-0.39, 0.29) is 5.54 Å². The Hall–Kier alpha value is -2.31. The van der Waals surface area contributed by atoms with E-state index in [0.29, 0.717) is 5.56 Å². The molecule has 2 nitrogen and oxygen atoms in total. The van der Waals surface area contributed by atoms with E-state index in [0.717, 1.165) is 32.1 Å². The molecule has 120 valence electrons. The lowest BCUT2D eigenvalue weighted by atomic mass is 9.93. The van der Waals surface area contributed by atoms with E-state index in [9.17, 15) is 5.26 Å². The van der Waals surface area contributed by atoms with Crippen LogP contribution in [0.5, 0.6) is 0 Å². The van der Waals surface area contributed by atoms with Gasteiger partial charge < -0.3 is 5.32 Å². The van der Waals surface area contributed by atoms with Crippen LogP contribution in [-0.4, -0.2) is 5.54 Å². The molecule has 0 aromatic heterocycles. The van der Waals surface area contributed by atoms with Crippen LogP contribution in [0.15, 0.2) is 59.1 Å². The normalized spacial score (nSPS) is 11.3. The van der Waals surface area contributed by atoms with Crippen LogP contribution in [-0.2, 0) is 0 Å². The van der Waals surface area contributed by atoms with Crippen molar-refractivity contribution in [2.45, 2.75) is 26.3 Å². The van der Waals surface area contributed by atoms with E-state index in [1.54, 1.807) is 0 Å². The zero-order valence-corrected chi connectivity index (χ0v) is 15.6. The highest BCUT2D eigenvalue weighted by atomic mass is 79.9. The molecule has 0 aliphatic carbocycles. The van der Waals surface area contributed by atoms with Crippen LogP contribution in [0.25, 0.3) is 21.9 Å². The number of halogens is 1. The van der Waals surface area contributed by atoms with Crippen molar-refractivity contribution >= 4 is 32.4 Å². The van der Waals surface area contributed by atoms with Gasteiger partial charge in [0.05, 0.1) is 11.3 Å². The van der Waals surface area contributed by atoms with Crippen molar-refractivity contribution in [1.29, 1.82) is 5.26 Å². The van der Waals surface area contributed by atoms with Gasteiger partial charge in [-0.1, -0.05) is 52.3 Å². The first kappa shape index (κ1) is 16.5. The average Bonchev–Trinajstić information content (AvgIpc) is 2.54. The van der Waals surface area contributed by atoms with E-state index in [2.05, 4.69) is 72.4 Å². The Morgan fingerprint density at radius 2 is 1.67 bits per heavy atom. The third-order valence-electron chi connectivity index (χ3n) is 3.82. The highest BCUT2D eigenvalue weighted by Crippen LogP contribution is 2.38. The van der Waals surface area contributed by atoms with E-state index in [1.807, 2.05) is 30.3 Å². The summed E-state index contributed by atoms with van der Waals surface area (Å²) < 4.78 is 1.04. The predicted molar refractivity (Wildman–Crippen MR) is 105 cm³/mol. The van der Waals surface area contributed by atoms with Crippen molar-refractivity contribution in [3.63, 3.8) is 0 Å². The molecule has 0 fully saturated rings. The molecular weight excluding hydrogens is 360 g/mol. The van der Waals surface area contributed by atoms with E-state index in [4.69, 9.17) is 0 Å². The van der Waals surface area contributed by atoms with Crippen molar-refractivity contribution in [3.05, 3.63) is 64.6 Å². The molecule has 0 radical (unpaired) electrons. The Labute approximate surface area is 151 Å². The van der Waals surface area contributed by atoms with Gasteiger partial charge in [0.1, 0.15) is 6.07 Å². The number of benzene rings is 3. The largest absolute Gasteiger partial charge is 0.379 e. The van der Waals surface area contributed by atoms with E-state index < -0.39 is 0 Å². The molecule has 3 aromatic rings. The fourth-order valence-electron chi connectivity index (χ4n) is 2.83. The minimum absolute atomic E-state index is 0.141. The molecule has 0 unspecified atom stereocenters. The minimum Gasteiger partial charge on any atom is -0.379 e. The smallest absolute Gasteiger partial charge is 0.102 e. The molecule has 0 heterocycles. The number of hydrogen-bond acceptors (Lipinski definition) is 2. The molecule has 0 spiro atoms. The summed E-state index contributed by atoms with van der Waals surface area (Å²) in [6.45, 7) is 6.32. The summed E-state index contributed by atoms with van der Waals surface area (Å²) in [5.74, 6) is 0. The molecule has 0 atom stereocenters. The summed E-state index contributed by atoms with van der Waals surface area (Å²) in [6, 6.07) is 20.8. The average molecular weight is 379 g/mol. The summed E-state index contributed by atoms with van der Waals surface area (Å²) in [7, 11) is 0. The second-order valence-electron chi connectivity index (χ2n) is 6.89. The monoisotopic (exact) mass is 378 g/mol. The number of nitrogens with zero attached hydrogens (tertiary/aromatic N) is 1. The van der Waals surface area contributed by atoms with Crippen LogP contribution < -0.4 is 5.32 Å². The van der Waals surface area contributed by atoms with Crippen LogP contribution in [0.4, 0.5) is 5.69 Å². The third kappa shape index (κ3) is 3.29. The number of nitriles is 1. The van der Waals surface area contributed by atoms with Gasteiger partial charge in [-0.2, -0.15) is 5.26 Å². The van der Waals surface area contributed by atoms with Crippen LogP contribution in [0.2, 0.25) is 0 Å². The lowest BCUT2D eigenvalue weighted by Crippen LogP contribution is -2.27. The fraction of sp³-hybridized carbons (Fsp3) is 0.190. The van der Waals surface area contributed by atoms with Gasteiger partial charge in [-0.3, -0.25) is 0 Å². The molecule has 1 N–H and O–H groups in total. The maximum Gasteiger partial charge on any atom is 0.102 e. The first-order valence-electron chi connectivity index (χ1n) is 7.89. The van der Waals surface area contributed by atoms with Crippen LogP contribution >= 0.6 is 15.9 Å². The number of fused-ring (bicyclic) bond motifs is 1. The highest BCUT2D eigenvalue weighted by Gasteiger charge is 2.19. The number of hydrogen-bond donors (Lipinski definition) is 1. The Bertz CT molecular complexity index is 929. The Morgan fingerprint density at radius 1 is 1.00 bits per heavy atom. The molecule has 3 rings (SSSR count). The molecule has 0 aliphatic heterocycles. The molecular formula is C21H19BrN2. The SMILES string of the molecule is CC(C)(C)Nc1c(-c2ccc(Br)cc2)cc2ccccc2c1C#N. The molecule has 3 aromatic carbocycles. The van der Waals surface area contributed by atoms with Crippen molar-refractivity contribution in [1.82, 2.24) is 0 Å². The van der Waals surface area contributed by atoms with Gasteiger partial charge in [-0.15, -0.1) is 0 Å². The lowest BCUT2D eigenvalue weighted by molar-refractivity contribution is 0.634. The summed E-state index contributed by atoms with van der Waals surface area (Å²) in [4.78, 5) is 0. The molecule has 0 aliphatic rings. The second kappa shape index (κ2) is 6.30. The van der Waals surface area contributed by atoms with E-state index in [1.165, 1.54) is 0 Å². The van der Waals surface area contributed by atoms with Gasteiger partial charge in [0.25, 0.3) is 0 Å². The van der Waals surface area contributed by atoms with Crippen LogP contribution in [0.1, 0.15) is 26.3 Å². The van der Waals surface area contributed by atoms with Crippen LogP contribution in [0.3, 0.4) is 0 Å². The van der Waals surface area contributed by atoms with Crippen molar-refractivity contribution in [2.24, 2.45) is 0 Å².